The molecule has 0 saturated heterocycles. The first-order valence-corrected chi connectivity index (χ1v) is 16.7. The molecular formula is C40H46N2O6. The molecule has 48 heavy (non-hydrogen) atoms. The van der Waals surface area contributed by atoms with Gasteiger partial charge in [0.15, 0.2) is 23.0 Å². The van der Waals surface area contributed by atoms with Gasteiger partial charge in [0, 0.05) is 37.0 Å². The van der Waals surface area contributed by atoms with E-state index in [9.17, 15) is 5.11 Å². The summed E-state index contributed by atoms with van der Waals surface area (Å²) in [6, 6.07) is 19.2. The van der Waals surface area contributed by atoms with Crippen LogP contribution in [0.1, 0.15) is 68.1 Å². The Hall–Kier alpha value is -4.40. The molecule has 0 saturated carbocycles. The topological polar surface area (TPSA) is 72.9 Å². The highest BCUT2D eigenvalue weighted by Gasteiger charge is 2.40. The second kappa shape index (κ2) is 12.9. The Kier molecular flexibility index (Phi) is 8.64. The number of nitrogens with zero attached hydrogens (tertiary/aromatic N) is 2. The number of ether oxygens (including phenoxy) is 5. The SMILES string of the molecule is COc1cc2c(cc1O)C1Cc3c(cc(OC)c(OC)c3Cc3cc4c(cc3OC)CCN(C)C4Cc3ccccc3OC)C2N(C)C1. The molecular weight excluding hydrogens is 604 g/mol. The second-order valence-electron chi connectivity index (χ2n) is 13.4. The predicted octanol–water partition coefficient (Wildman–Crippen LogP) is 6.47. The minimum Gasteiger partial charge on any atom is -0.504 e. The van der Waals surface area contributed by atoms with E-state index in [1.807, 2.05) is 24.3 Å². The van der Waals surface area contributed by atoms with Crippen molar-refractivity contribution in [2.45, 2.75) is 43.7 Å². The number of phenolic OH excluding ortho intramolecular Hbond substituents is 1. The molecule has 4 aromatic rings. The summed E-state index contributed by atoms with van der Waals surface area (Å²) in [5.74, 6) is 4.14. The molecule has 0 aromatic heterocycles. The van der Waals surface area contributed by atoms with E-state index in [-0.39, 0.29) is 23.8 Å². The van der Waals surface area contributed by atoms with Gasteiger partial charge in [-0.15, -0.1) is 0 Å². The van der Waals surface area contributed by atoms with Crippen molar-refractivity contribution in [3.63, 3.8) is 0 Å². The highest BCUT2D eigenvalue weighted by atomic mass is 16.5. The summed E-state index contributed by atoms with van der Waals surface area (Å²) in [6.45, 7) is 1.85. The lowest BCUT2D eigenvalue weighted by atomic mass is 9.84. The molecule has 8 heteroatoms. The van der Waals surface area contributed by atoms with Crippen LogP contribution >= 0.6 is 0 Å². The van der Waals surface area contributed by atoms with Crippen LogP contribution in [0, 0.1) is 0 Å². The van der Waals surface area contributed by atoms with Crippen molar-refractivity contribution < 1.29 is 28.8 Å². The molecule has 3 atom stereocenters. The first-order chi connectivity index (χ1) is 23.3. The number of phenols is 1. The van der Waals surface area contributed by atoms with Crippen LogP contribution < -0.4 is 23.7 Å². The monoisotopic (exact) mass is 650 g/mol. The van der Waals surface area contributed by atoms with Crippen LogP contribution in [0.4, 0.5) is 0 Å². The normalized spacial score (nSPS) is 19.9. The molecule has 1 N–H and O–H groups in total. The largest absolute Gasteiger partial charge is 0.504 e. The number of benzene rings is 4. The Morgan fingerprint density at radius 2 is 1.44 bits per heavy atom. The van der Waals surface area contributed by atoms with E-state index in [1.54, 1.807) is 35.5 Å². The van der Waals surface area contributed by atoms with Crippen molar-refractivity contribution in [2.75, 3.05) is 62.7 Å². The number of aromatic hydroxyl groups is 1. The van der Waals surface area contributed by atoms with Gasteiger partial charge in [0.1, 0.15) is 11.5 Å². The lowest BCUT2D eigenvalue weighted by Gasteiger charge is -2.37. The quantitative estimate of drug-likeness (QED) is 0.221. The molecule has 3 unspecified atom stereocenters. The van der Waals surface area contributed by atoms with Gasteiger partial charge in [0.2, 0.25) is 0 Å². The Morgan fingerprint density at radius 3 is 2.17 bits per heavy atom. The van der Waals surface area contributed by atoms with Crippen LogP contribution in [0.15, 0.2) is 54.6 Å². The molecule has 4 aliphatic rings. The van der Waals surface area contributed by atoms with Crippen LogP contribution in [0.5, 0.6) is 34.5 Å². The second-order valence-corrected chi connectivity index (χ2v) is 13.4. The predicted molar refractivity (Wildman–Crippen MR) is 187 cm³/mol. The first kappa shape index (κ1) is 32.2. The Labute approximate surface area is 283 Å². The first-order valence-electron chi connectivity index (χ1n) is 16.7. The smallest absolute Gasteiger partial charge is 0.164 e. The standard InChI is InChI=1S/C40H46N2O6/c1-41-13-12-23-18-36(45-4)25(14-28(23)33(41)17-24-10-8-9-11-35(24)44-3)15-32-29-16-26-22-42(2)39(31(29)21-38(47-6)40(32)48-7)30-20-37(46-5)34(43)19-27(26)30/h8-11,14,18-21,26,33,39,43H,12-13,15-17,22H2,1-7H3. The number of para-hydroxylation sites is 1. The van der Waals surface area contributed by atoms with E-state index in [1.165, 1.54) is 33.4 Å². The molecule has 0 fully saturated rings. The van der Waals surface area contributed by atoms with Crippen molar-refractivity contribution >= 4 is 0 Å². The van der Waals surface area contributed by atoms with Crippen LogP contribution in [0.2, 0.25) is 0 Å². The number of hydrogen-bond acceptors (Lipinski definition) is 8. The Balaban J connectivity index is 1.37. The molecule has 0 radical (unpaired) electrons. The molecule has 252 valence electrons. The minimum absolute atomic E-state index is 0.0221. The van der Waals surface area contributed by atoms with Gasteiger partial charge in [0.05, 0.1) is 41.6 Å². The van der Waals surface area contributed by atoms with E-state index in [2.05, 4.69) is 54.2 Å². The van der Waals surface area contributed by atoms with Gasteiger partial charge in [-0.25, -0.2) is 0 Å². The van der Waals surface area contributed by atoms with Crippen LogP contribution in [0.3, 0.4) is 0 Å². The zero-order valence-corrected chi connectivity index (χ0v) is 29.1. The molecule has 3 aliphatic heterocycles. The van der Waals surface area contributed by atoms with Gasteiger partial charge >= 0.3 is 0 Å². The van der Waals surface area contributed by atoms with Crippen molar-refractivity contribution in [3.05, 3.63) is 105 Å². The summed E-state index contributed by atoms with van der Waals surface area (Å²) in [6.07, 6.45) is 3.25. The van der Waals surface area contributed by atoms with Crippen LogP contribution in [-0.2, 0) is 25.7 Å². The molecule has 0 spiro atoms. The average molecular weight is 651 g/mol. The number of rotatable bonds is 9. The molecule has 4 aromatic carbocycles. The third kappa shape index (κ3) is 5.31. The highest BCUT2D eigenvalue weighted by Crippen LogP contribution is 2.52. The lowest BCUT2D eigenvalue weighted by molar-refractivity contribution is 0.227. The van der Waals surface area contributed by atoms with Crippen molar-refractivity contribution in [3.8, 4) is 34.5 Å². The van der Waals surface area contributed by atoms with Crippen molar-refractivity contribution in [2.24, 2.45) is 0 Å². The fourth-order valence-electron chi connectivity index (χ4n) is 8.54. The molecule has 3 heterocycles. The van der Waals surface area contributed by atoms with Gasteiger partial charge in [-0.3, -0.25) is 9.80 Å². The number of hydrogen-bond donors (Lipinski definition) is 1. The Bertz CT molecular complexity index is 1850. The molecule has 2 bridgehead atoms. The Morgan fingerprint density at radius 1 is 0.708 bits per heavy atom. The van der Waals surface area contributed by atoms with Gasteiger partial charge in [-0.2, -0.15) is 0 Å². The van der Waals surface area contributed by atoms with E-state index >= 15 is 0 Å². The van der Waals surface area contributed by atoms with Gasteiger partial charge in [-0.1, -0.05) is 18.2 Å². The van der Waals surface area contributed by atoms with Gasteiger partial charge in [0.25, 0.3) is 0 Å². The molecule has 8 nitrogen and oxygen atoms in total. The minimum atomic E-state index is -0.0221. The van der Waals surface area contributed by atoms with E-state index in [0.29, 0.717) is 17.9 Å². The highest BCUT2D eigenvalue weighted by molar-refractivity contribution is 5.63. The molecule has 8 rings (SSSR count). The lowest BCUT2D eigenvalue weighted by Crippen LogP contribution is -2.33. The third-order valence-electron chi connectivity index (χ3n) is 10.9. The number of likely N-dealkylation sites (N-methyl/N-ethyl adjacent to an activating group) is 2. The summed E-state index contributed by atoms with van der Waals surface area (Å²) in [5.41, 5.74) is 10.9. The number of fused-ring (bicyclic) bond motifs is 2. The third-order valence-corrected chi connectivity index (χ3v) is 10.9. The van der Waals surface area contributed by atoms with E-state index in [0.717, 1.165) is 66.3 Å². The summed E-state index contributed by atoms with van der Waals surface area (Å²) in [4.78, 5) is 4.86. The van der Waals surface area contributed by atoms with E-state index < -0.39 is 0 Å². The maximum atomic E-state index is 10.8. The fourth-order valence-corrected chi connectivity index (χ4v) is 8.54. The maximum absolute atomic E-state index is 10.8. The summed E-state index contributed by atoms with van der Waals surface area (Å²) in [7, 11) is 12.9. The fraction of sp³-hybridized carbons (Fsp3) is 0.400. The van der Waals surface area contributed by atoms with Gasteiger partial charge in [-0.05, 0) is 114 Å². The average Bonchev–Trinajstić information content (AvgIpc) is 3.32. The van der Waals surface area contributed by atoms with Crippen LogP contribution in [0.25, 0.3) is 0 Å². The molecule has 0 amide bonds. The van der Waals surface area contributed by atoms with Crippen LogP contribution in [-0.4, -0.2) is 77.6 Å². The number of methoxy groups -OCH3 is 5. The van der Waals surface area contributed by atoms with E-state index in [4.69, 9.17) is 23.7 Å². The van der Waals surface area contributed by atoms with Gasteiger partial charge < -0.3 is 28.8 Å². The zero-order chi connectivity index (χ0) is 33.7. The van der Waals surface area contributed by atoms with Crippen molar-refractivity contribution in [1.29, 1.82) is 0 Å². The molecule has 1 aliphatic carbocycles. The maximum Gasteiger partial charge on any atom is 0.164 e. The summed E-state index contributed by atoms with van der Waals surface area (Å²) >= 11 is 0. The summed E-state index contributed by atoms with van der Waals surface area (Å²) < 4.78 is 29.6. The summed E-state index contributed by atoms with van der Waals surface area (Å²) in [5, 5.41) is 10.8. The zero-order valence-electron chi connectivity index (χ0n) is 29.1. The van der Waals surface area contributed by atoms with Crippen molar-refractivity contribution in [1.82, 2.24) is 9.80 Å².